The monoisotopic (exact) mass is 194 g/mol. The highest BCUT2D eigenvalue weighted by atomic mass is 32.2. The zero-order chi connectivity index (χ0) is 8.39. The highest BCUT2D eigenvalue weighted by Crippen LogP contribution is 2.30. The summed E-state index contributed by atoms with van der Waals surface area (Å²) in [6, 6.07) is 0. The van der Waals surface area contributed by atoms with E-state index in [0.29, 0.717) is 0 Å². The number of aromatic nitrogens is 2. The van der Waals surface area contributed by atoms with Crippen molar-refractivity contribution in [3.05, 3.63) is 30.4 Å². The molecule has 0 fully saturated rings. The summed E-state index contributed by atoms with van der Waals surface area (Å²) in [5, 5.41) is 0. The van der Waals surface area contributed by atoms with Crippen LogP contribution in [0.3, 0.4) is 0 Å². The number of thiocarbonyl (C=S) groups is 1. The minimum atomic E-state index is 0.904. The number of nitrogens with zero attached hydrogens (tertiary/aromatic N) is 2. The van der Waals surface area contributed by atoms with Crippen molar-refractivity contribution in [2.45, 2.75) is 0 Å². The first-order valence-electron chi connectivity index (χ1n) is 3.50. The second-order valence-electron chi connectivity index (χ2n) is 2.35. The van der Waals surface area contributed by atoms with Gasteiger partial charge in [-0.25, -0.2) is 0 Å². The fourth-order valence-corrected chi connectivity index (χ4v) is 2.18. The van der Waals surface area contributed by atoms with Crippen molar-refractivity contribution in [3.8, 4) is 0 Å². The molecule has 0 aliphatic carbocycles. The van der Waals surface area contributed by atoms with Crippen LogP contribution in [0.2, 0.25) is 0 Å². The summed E-state index contributed by atoms with van der Waals surface area (Å²) >= 11 is 6.77. The molecule has 2 heterocycles. The average molecular weight is 194 g/mol. The molecule has 0 atom stereocenters. The van der Waals surface area contributed by atoms with Gasteiger partial charge in [-0.3, -0.25) is 9.97 Å². The third-order valence-electron chi connectivity index (χ3n) is 1.48. The Labute approximate surface area is 80.1 Å². The maximum absolute atomic E-state index is 5.05. The molecule has 12 heavy (non-hydrogen) atoms. The Balaban J connectivity index is 2.33. The molecule has 1 aliphatic heterocycles. The first-order chi connectivity index (χ1) is 5.86. The van der Waals surface area contributed by atoms with Gasteiger partial charge in [0.05, 0.1) is 11.9 Å². The Morgan fingerprint density at radius 3 is 2.92 bits per heavy atom. The van der Waals surface area contributed by atoms with Crippen LogP contribution >= 0.6 is 24.0 Å². The SMILES string of the molecule is S=C1C=C(c2cnccn2)SC1. The third-order valence-corrected chi connectivity index (χ3v) is 3.02. The van der Waals surface area contributed by atoms with E-state index in [1.54, 1.807) is 30.4 Å². The number of hydrogen-bond acceptors (Lipinski definition) is 4. The maximum atomic E-state index is 5.05. The molecule has 4 heteroatoms. The molecular formula is C8H6N2S2. The summed E-state index contributed by atoms with van der Waals surface area (Å²) in [5.74, 6) is 0.904. The lowest BCUT2D eigenvalue weighted by atomic mass is 10.3. The van der Waals surface area contributed by atoms with Gasteiger partial charge in [0.2, 0.25) is 0 Å². The predicted octanol–water partition coefficient (Wildman–Crippen LogP) is 1.93. The molecule has 0 spiro atoms. The molecule has 0 radical (unpaired) electrons. The van der Waals surface area contributed by atoms with Gasteiger partial charge in [0.15, 0.2) is 0 Å². The van der Waals surface area contributed by atoms with Crippen LogP contribution < -0.4 is 0 Å². The molecule has 1 aromatic rings. The van der Waals surface area contributed by atoms with Gasteiger partial charge in [-0.15, -0.1) is 11.8 Å². The molecular weight excluding hydrogens is 188 g/mol. The second kappa shape index (κ2) is 3.33. The first kappa shape index (κ1) is 7.89. The van der Waals surface area contributed by atoms with Crippen LogP contribution in [0, 0.1) is 0 Å². The van der Waals surface area contributed by atoms with Crippen LogP contribution in [0.15, 0.2) is 24.7 Å². The molecule has 0 amide bonds. The van der Waals surface area contributed by atoms with E-state index in [9.17, 15) is 0 Å². The summed E-state index contributed by atoms with van der Waals surface area (Å²) in [6.45, 7) is 0. The highest BCUT2D eigenvalue weighted by molar-refractivity contribution is 8.10. The van der Waals surface area contributed by atoms with Crippen molar-refractivity contribution < 1.29 is 0 Å². The van der Waals surface area contributed by atoms with Crippen molar-refractivity contribution in [1.82, 2.24) is 9.97 Å². The van der Waals surface area contributed by atoms with Crippen LogP contribution in [0.4, 0.5) is 0 Å². The van der Waals surface area contributed by atoms with Crippen molar-refractivity contribution in [3.63, 3.8) is 0 Å². The maximum Gasteiger partial charge on any atom is 0.0949 e. The highest BCUT2D eigenvalue weighted by Gasteiger charge is 2.12. The quantitative estimate of drug-likeness (QED) is 0.638. The van der Waals surface area contributed by atoms with Gasteiger partial charge in [0.1, 0.15) is 0 Å². The van der Waals surface area contributed by atoms with Crippen molar-refractivity contribution in [1.29, 1.82) is 0 Å². The van der Waals surface area contributed by atoms with E-state index in [0.717, 1.165) is 21.2 Å². The summed E-state index contributed by atoms with van der Waals surface area (Å²) < 4.78 is 0. The Hall–Kier alpha value is -0.740. The van der Waals surface area contributed by atoms with Crippen LogP contribution in [0.1, 0.15) is 5.69 Å². The first-order valence-corrected chi connectivity index (χ1v) is 4.89. The number of hydrogen-bond donors (Lipinski definition) is 0. The average Bonchev–Trinajstić information content (AvgIpc) is 2.54. The van der Waals surface area contributed by atoms with Crippen molar-refractivity contribution >= 4 is 33.7 Å². The number of allylic oxidation sites excluding steroid dienone is 1. The zero-order valence-electron chi connectivity index (χ0n) is 6.23. The summed E-state index contributed by atoms with van der Waals surface area (Å²) in [4.78, 5) is 10.3. The van der Waals surface area contributed by atoms with E-state index in [2.05, 4.69) is 9.97 Å². The van der Waals surface area contributed by atoms with Gasteiger partial charge in [0, 0.05) is 27.9 Å². The van der Waals surface area contributed by atoms with Crippen molar-refractivity contribution in [2.75, 3.05) is 5.75 Å². The van der Waals surface area contributed by atoms with E-state index in [4.69, 9.17) is 12.2 Å². The molecule has 0 aromatic carbocycles. The minimum absolute atomic E-state index is 0.904. The molecule has 0 bridgehead atoms. The van der Waals surface area contributed by atoms with Crippen molar-refractivity contribution in [2.24, 2.45) is 0 Å². The van der Waals surface area contributed by atoms with E-state index < -0.39 is 0 Å². The zero-order valence-corrected chi connectivity index (χ0v) is 7.86. The molecule has 1 aromatic heterocycles. The lowest BCUT2D eigenvalue weighted by Gasteiger charge is -1.96. The molecule has 0 unspecified atom stereocenters. The molecule has 0 saturated carbocycles. The van der Waals surface area contributed by atoms with E-state index >= 15 is 0 Å². The lowest BCUT2D eigenvalue weighted by molar-refractivity contribution is 1.18. The molecule has 60 valence electrons. The van der Waals surface area contributed by atoms with Gasteiger partial charge in [-0.2, -0.15) is 0 Å². The lowest BCUT2D eigenvalue weighted by Crippen LogP contribution is -1.84. The van der Waals surface area contributed by atoms with E-state index in [1.165, 1.54) is 0 Å². The number of rotatable bonds is 1. The normalized spacial score (nSPS) is 16.3. The molecule has 2 nitrogen and oxygen atoms in total. The molecule has 1 aliphatic rings. The van der Waals surface area contributed by atoms with Crippen LogP contribution in [-0.2, 0) is 0 Å². The Bertz CT molecular complexity index is 332. The molecule has 2 rings (SSSR count). The summed E-state index contributed by atoms with van der Waals surface area (Å²) in [5.41, 5.74) is 0.919. The van der Waals surface area contributed by atoms with Gasteiger partial charge in [-0.05, 0) is 6.08 Å². The van der Waals surface area contributed by atoms with Crippen LogP contribution in [0.5, 0.6) is 0 Å². The van der Waals surface area contributed by atoms with Gasteiger partial charge >= 0.3 is 0 Å². The summed E-state index contributed by atoms with van der Waals surface area (Å²) in [7, 11) is 0. The Kier molecular flexibility index (Phi) is 2.19. The Morgan fingerprint density at radius 1 is 1.42 bits per heavy atom. The second-order valence-corrected chi connectivity index (χ2v) is 3.90. The topological polar surface area (TPSA) is 25.8 Å². The van der Waals surface area contributed by atoms with Gasteiger partial charge < -0.3 is 0 Å². The Morgan fingerprint density at radius 2 is 2.33 bits per heavy atom. The van der Waals surface area contributed by atoms with Crippen LogP contribution in [0.25, 0.3) is 4.91 Å². The fraction of sp³-hybridized carbons (Fsp3) is 0.125. The largest absolute Gasteiger partial charge is 0.261 e. The minimum Gasteiger partial charge on any atom is -0.261 e. The predicted molar refractivity (Wildman–Crippen MR) is 55.1 cm³/mol. The smallest absolute Gasteiger partial charge is 0.0949 e. The molecule has 0 N–H and O–H groups in total. The van der Waals surface area contributed by atoms with Crippen LogP contribution in [-0.4, -0.2) is 20.6 Å². The van der Waals surface area contributed by atoms with E-state index in [-0.39, 0.29) is 0 Å². The van der Waals surface area contributed by atoms with Gasteiger partial charge in [-0.1, -0.05) is 12.2 Å². The fourth-order valence-electron chi connectivity index (χ4n) is 0.953. The van der Waals surface area contributed by atoms with Gasteiger partial charge in [0.25, 0.3) is 0 Å². The standard InChI is InChI=1S/C8H6N2S2/c11-6-3-8(12-5-6)7-4-9-1-2-10-7/h1-4H,5H2. The number of thioether (sulfide) groups is 1. The van der Waals surface area contributed by atoms with E-state index in [1.807, 2.05) is 6.08 Å². The molecule has 0 saturated heterocycles. The third kappa shape index (κ3) is 1.54. The summed E-state index contributed by atoms with van der Waals surface area (Å²) in [6.07, 6.45) is 7.11.